The zero-order chi connectivity index (χ0) is 18.4. The van der Waals surface area contributed by atoms with Gasteiger partial charge in [0.15, 0.2) is 5.75 Å². The van der Waals surface area contributed by atoms with Crippen LogP contribution in [0.3, 0.4) is 0 Å². The number of aromatic nitrogens is 2. The van der Waals surface area contributed by atoms with Crippen LogP contribution in [0.1, 0.15) is 5.56 Å². The number of amides is 1. The van der Waals surface area contributed by atoms with E-state index in [0.717, 1.165) is 15.8 Å². The van der Waals surface area contributed by atoms with Gasteiger partial charge in [-0.1, -0.05) is 60.7 Å². The van der Waals surface area contributed by atoms with Crippen molar-refractivity contribution in [3.63, 3.8) is 0 Å². The summed E-state index contributed by atoms with van der Waals surface area (Å²) in [5.74, 6) is 0.0924. The van der Waals surface area contributed by atoms with Gasteiger partial charge in [0, 0.05) is 18.2 Å². The molecule has 0 bridgehead atoms. The van der Waals surface area contributed by atoms with Gasteiger partial charge in [-0.2, -0.15) is 5.10 Å². The van der Waals surface area contributed by atoms with Crippen LogP contribution in [0.5, 0.6) is 5.75 Å². The first-order valence-corrected chi connectivity index (χ1v) is 8.19. The molecule has 0 aliphatic rings. The Balaban J connectivity index is 1.79. The zero-order valence-corrected chi connectivity index (χ0v) is 14.4. The van der Waals surface area contributed by atoms with E-state index < -0.39 is 5.56 Å². The Labute approximate surface area is 151 Å². The average Bonchev–Trinajstić information content (AvgIpc) is 2.69. The van der Waals surface area contributed by atoms with Crippen LogP contribution in [0.25, 0.3) is 11.3 Å². The van der Waals surface area contributed by atoms with Gasteiger partial charge in [0.1, 0.15) is 12.2 Å². The van der Waals surface area contributed by atoms with E-state index in [-0.39, 0.29) is 12.5 Å². The first kappa shape index (κ1) is 17.4. The third-order valence-electron chi connectivity index (χ3n) is 3.86. The lowest BCUT2D eigenvalue weighted by molar-refractivity contribution is -0.122. The van der Waals surface area contributed by atoms with E-state index in [2.05, 4.69) is 10.4 Å². The first-order chi connectivity index (χ1) is 12.7. The van der Waals surface area contributed by atoms with E-state index in [1.807, 2.05) is 60.7 Å². The van der Waals surface area contributed by atoms with Crippen molar-refractivity contribution >= 4 is 5.91 Å². The molecule has 6 nitrogen and oxygen atoms in total. The van der Waals surface area contributed by atoms with E-state index in [4.69, 9.17) is 4.74 Å². The molecule has 6 heteroatoms. The normalized spacial score (nSPS) is 10.3. The second kappa shape index (κ2) is 8.11. The molecule has 0 saturated heterocycles. The van der Waals surface area contributed by atoms with E-state index in [9.17, 15) is 9.59 Å². The fourth-order valence-corrected chi connectivity index (χ4v) is 2.53. The molecule has 0 spiro atoms. The lowest BCUT2D eigenvalue weighted by atomic mass is 10.1. The fraction of sp³-hybridized carbons (Fsp3) is 0.150. The minimum Gasteiger partial charge on any atom is -0.494 e. The maximum Gasteiger partial charge on any atom is 0.270 e. The Kier molecular flexibility index (Phi) is 5.43. The third-order valence-corrected chi connectivity index (χ3v) is 3.86. The van der Waals surface area contributed by atoms with Gasteiger partial charge in [0.2, 0.25) is 5.91 Å². The van der Waals surface area contributed by atoms with Gasteiger partial charge in [0.05, 0.1) is 7.11 Å². The summed E-state index contributed by atoms with van der Waals surface area (Å²) in [6, 6.07) is 20.3. The highest BCUT2D eigenvalue weighted by atomic mass is 16.5. The molecular formula is C20H19N3O3. The van der Waals surface area contributed by atoms with Crippen molar-refractivity contribution in [2.45, 2.75) is 13.1 Å². The Morgan fingerprint density at radius 3 is 2.38 bits per heavy atom. The van der Waals surface area contributed by atoms with Crippen LogP contribution in [0, 0.1) is 0 Å². The van der Waals surface area contributed by atoms with Gasteiger partial charge >= 0.3 is 0 Å². The maximum atomic E-state index is 12.2. The summed E-state index contributed by atoms with van der Waals surface area (Å²) in [7, 11) is 1.49. The van der Waals surface area contributed by atoms with Crippen LogP contribution in [0.4, 0.5) is 0 Å². The first-order valence-electron chi connectivity index (χ1n) is 8.19. The predicted molar refractivity (Wildman–Crippen MR) is 98.8 cm³/mol. The van der Waals surface area contributed by atoms with Crippen LogP contribution >= 0.6 is 0 Å². The van der Waals surface area contributed by atoms with Crippen molar-refractivity contribution in [1.82, 2.24) is 15.1 Å². The summed E-state index contributed by atoms with van der Waals surface area (Å²) < 4.78 is 6.41. The second-order valence-corrected chi connectivity index (χ2v) is 5.69. The molecule has 0 fully saturated rings. The molecule has 2 aromatic carbocycles. The number of benzene rings is 2. The molecule has 3 rings (SSSR count). The van der Waals surface area contributed by atoms with Crippen molar-refractivity contribution in [2.24, 2.45) is 0 Å². The van der Waals surface area contributed by atoms with Gasteiger partial charge in [0.25, 0.3) is 5.56 Å². The van der Waals surface area contributed by atoms with Crippen molar-refractivity contribution in [2.75, 3.05) is 7.11 Å². The summed E-state index contributed by atoms with van der Waals surface area (Å²) in [6.07, 6.45) is 0. The molecule has 0 saturated carbocycles. The molecule has 132 valence electrons. The van der Waals surface area contributed by atoms with Crippen LogP contribution in [0.15, 0.2) is 71.5 Å². The van der Waals surface area contributed by atoms with Crippen LogP contribution in [-0.4, -0.2) is 22.8 Å². The summed E-state index contributed by atoms with van der Waals surface area (Å²) >= 11 is 0. The molecule has 0 atom stereocenters. The SMILES string of the molecule is COc1cc(=O)n(CC(=O)NCc2ccccc2)nc1-c1ccccc1. The molecule has 26 heavy (non-hydrogen) atoms. The number of carbonyl (C=O) groups is 1. The summed E-state index contributed by atoms with van der Waals surface area (Å²) in [6.45, 7) is 0.242. The molecule has 0 aliphatic heterocycles. The number of hydrogen-bond acceptors (Lipinski definition) is 4. The third kappa shape index (κ3) is 4.16. The monoisotopic (exact) mass is 349 g/mol. The number of carbonyl (C=O) groups excluding carboxylic acids is 1. The molecule has 0 unspecified atom stereocenters. The molecule has 1 aromatic heterocycles. The van der Waals surface area contributed by atoms with E-state index in [1.54, 1.807) is 0 Å². The molecule has 1 amide bonds. The van der Waals surface area contributed by atoms with E-state index in [0.29, 0.717) is 18.0 Å². The van der Waals surface area contributed by atoms with Crippen LogP contribution in [0.2, 0.25) is 0 Å². The van der Waals surface area contributed by atoms with Gasteiger partial charge < -0.3 is 10.1 Å². The molecular weight excluding hydrogens is 330 g/mol. The van der Waals surface area contributed by atoms with Gasteiger partial charge in [-0.25, -0.2) is 4.68 Å². The lowest BCUT2D eigenvalue weighted by Crippen LogP contribution is -2.33. The van der Waals surface area contributed by atoms with E-state index >= 15 is 0 Å². The van der Waals surface area contributed by atoms with Gasteiger partial charge in [-0.05, 0) is 5.56 Å². The highest BCUT2D eigenvalue weighted by molar-refractivity contribution is 5.75. The minimum absolute atomic E-state index is 0.157. The Hall–Kier alpha value is -3.41. The summed E-state index contributed by atoms with van der Waals surface area (Å²) in [5, 5.41) is 7.12. The highest BCUT2D eigenvalue weighted by Crippen LogP contribution is 2.25. The number of ether oxygens (including phenoxy) is 1. The Morgan fingerprint density at radius 1 is 1.08 bits per heavy atom. The molecule has 1 heterocycles. The van der Waals surface area contributed by atoms with Crippen molar-refractivity contribution in [3.05, 3.63) is 82.6 Å². The standard InChI is InChI=1S/C20H19N3O3/c1-26-17-12-19(25)23(22-20(17)16-10-6-3-7-11-16)14-18(24)21-13-15-8-4-2-5-9-15/h2-12H,13-14H2,1H3,(H,21,24). The van der Waals surface area contributed by atoms with Crippen molar-refractivity contribution in [1.29, 1.82) is 0 Å². The second-order valence-electron chi connectivity index (χ2n) is 5.69. The van der Waals surface area contributed by atoms with Crippen molar-refractivity contribution in [3.8, 4) is 17.0 Å². The Bertz CT molecular complexity index is 938. The predicted octanol–water partition coefficient (Wildman–Crippen LogP) is 2.24. The average molecular weight is 349 g/mol. The van der Waals surface area contributed by atoms with Gasteiger partial charge in [-0.15, -0.1) is 0 Å². The topological polar surface area (TPSA) is 73.2 Å². The number of nitrogens with one attached hydrogen (secondary N) is 1. The maximum absolute atomic E-state index is 12.2. The van der Waals surface area contributed by atoms with Gasteiger partial charge in [-0.3, -0.25) is 9.59 Å². The summed E-state index contributed by atoms with van der Waals surface area (Å²) in [5.41, 5.74) is 1.92. The smallest absolute Gasteiger partial charge is 0.270 e. The number of methoxy groups -OCH3 is 1. The molecule has 1 N–H and O–H groups in total. The quantitative estimate of drug-likeness (QED) is 0.741. The molecule has 0 radical (unpaired) electrons. The van der Waals surface area contributed by atoms with Crippen molar-refractivity contribution < 1.29 is 9.53 Å². The van der Waals surface area contributed by atoms with Crippen LogP contribution in [-0.2, 0) is 17.9 Å². The number of nitrogens with zero attached hydrogens (tertiary/aromatic N) is 2. The lowest BCUT2D eigenvalue weighted by Gasteiger charge is -2.11. The highest BCUT2D eigenvalue weighted by Gasteiger charge is 2.13. The zero-order valence-electron chi connectivity index (χ0n) is 14.4. The number of hydrogen-bond donors (Lipinski definition) is 1. The minimum atomic E-state index is -0.392. The van der Waals surface area contributed by atoms with E-state index in [1.165, 1.54) is 13.2 Å². The molecule has 0 aliphatic carbocycles. The largest absolute Gasteiger partial charge is 0.494 e. The Morgan fingerprint density at radius 2 is 1.73 bits per heavy atom. The molecule has 3 aromatic rings. The summed E-state index contributed by atoms with van der Waals surface area (Å²) in [4.78, 5) is 24.4. The van der Waals surface area contributed by atoms with Crippen LogP contribution < -0.4 is 15.6 Å². The fourth-order valence-electron chi connectivity index (χ4n) is 2.53. The number of rotatable bonds is 6.